The zero-order chi connectivity index (χ0) is 9.84. The fourth-order valence-electron chi connectivity index (χ4n) is 2.09. The molecule has 0 spiro atoms. The molecule has 1 aliphatic rings. The lowest BCUT2D eigenvalue weighted by Gasteiger charge is -2.33. The summed E-state index contributed by atoms with van der Waals surface area (Å²) in [5, 5.41) is 12.0. The Morgan fingerprint density at radius 2 is 2.00 bits per heavy atom. The van der Waals surface area contributed by atoms with Crippen LogP contribution in [0, 0.1) is 23.2 Å². The molecule has 4 unspecified atom stereocenters. The summed E-state index contributed by atoms with van der Waals surface area (Å²) in [6, 6.07) is 2.80. The zero-order valence-electron chi connectivity index (χ0n) is 8.88. The predicted molar refractivity (Wildman–Crippen MR) is 54.2 cm³/mol. The Balaban J connectivity index is 2.34. The minimum atomic E-state index is 0.00519. The average Bonchev–Trinajstić information content (AvgIpc) is 2.11. The highest BCUT2D eigenvalue weighted by Gasteiger charge is 2.24. The molecule has 0 aliphatic heterocycles. The number of nitriles is 1. The van der Waals surface area contributed by atoms with Crippen LogP contribution in [0.3, 0.4) is 0 Å². The average molecular weight is 180 g/mol. The lowest BCUT2D eigenvalue weighted by Crippen LogP contribution is -2.40. The molecular formula is C11H20N2. The van der Waals surface area contributed by atoms with Gasteiger partial charge in [-0.3, -0.25) is 5.32 Å². The van der Waals surface area contributed by atoms with Crippen molar-refractivity contribution >= 4 is 0 Å². The summed E-state index contributed by atoms with van der Waals surface area (Å²) in [6.45, 7) is 6.58. The summed E-state index contributed by atoms with van der Waals surface area (Å²) < 4.78 is 0. The topological polar surface area (TPSA) is 35.8 Å². The van der Waals surface area contributed by atoms with Crippen LogP contribution in [0.4, 0.5) is 0 Å². The summed E-state index contributed by atoms with van der Waals surface area (Å²) in [4.78, 5) is 0. The lowest BCUT2D eigenvalue weighted by molar-refractivity contribution is 0.223. The van der Waals surface area contributed by atoms with Gasteiger partial charge in [0.15, 0.2) is 0 Å². The number of hydrogen-bond acceptors (Lipinski definition) is 2. The van der Waals surface area contributed by atoms with Crippen LogP contribution in [-0.4, -0.2) is 12.1 Å². The van der Waals surface area contributed by atoms with Crippen molar-refractivity contribution in [2.75, 3.05) is 0 Å². The molecule has 0 saturated heterocycles. The summed E-state index contributed by atoms with van der Waals surface area (Å²) in [5.74, 6) is 1.66. The largest absolute Gasteiger partial charge is 0.299 e. The summed E-state index contributed by atoms with van der Waals surface area (Å²) in [5.41, 5.74) is 0. The third-order valence-electron chi connectivity index (χ3n) is 3.28. The molecule has 74 valence electrons. The fourth-order valence-corrected chi connectivity index (χ4v) is 2.09. The van der Waals surface area contributed by atoms with Gasteiger partial charge in [0.05, 0.1) is 12.1 Å². The Bertz CT molecular complexity index is 195. The number of rotatable bonds is 2. The van der Waals surface area contributed by atoms with E-state index in [9.17, 15) is 0 Å². The first kappa shape index (κ1) is 10.5. The Morgan fingerprint density at radius 1 is 1.31 bits per heavy atom. The van der Waals surface area contributed by atoms with E-state index in [2.05, 4.69) is 25.2 Å². The molecule has 0 aromatic carbocycles. The Kier molecular flexibility index (Phi) is 3.74. The van der Waals surface area contributed by atoms with Gasteiger partial charge in [-0.15, -0.1) is 0 Å². The highest BCUT2D eigenvalue weighted by Crippen LogP contribution is 2.29. The van der Waals surface area contributed by atoms with Crippen molar-refractivity contribution in [3.05, 3.63) is 0 Å². The second-order valence-electron chi connectivity index (χ2n) is 4.48. The Morgan fingerprint density at radius 3 is 2.54 bits per heavy atom. The highest BCUT2D eigenvalue weighted by atomic mass is 14.9. The first-order chi connectivity index (χ1) is 6.13. The quantitative estimate of drug-likeness (QED) is 0.708. The van der Waals surface area contributed by atoms with Crippen molar-refractivity contribution in [2.45, 2.75) is 52.1 Å². The molecule has 1 aliphatic carbocycles. The molecule has 0 aromatic heterocycles. The van der Waals surface area contributed by atoms with Crippen LogP contribution in [0.15, 0.2) is 0 Å². The van der Waals surface area contributed by atoms with Gasteiger partial charge in [0, 0.05) is 6.04 Å². The van der Waals surface area contributed by atoms with Crippen LogP contribution in [0.25, 0.3) is 0 Å². The highest BCUT2D eigenvalue weighted by molar-refractivity contribution is 4.90. The minimum absolute atomic E-state index is 0.00519. The van der Waals surface area contributed by atoms with Crippen LogP contribution in [0.2, 0.25) is 0 Å². The molecule has 1 N–H and O–H groups in total. The van der Waals surface area contributed by atoms with Gasteiger partial charge in [0.2, 0.25) is 0 Å². The zero-order valence-corrected chi connectivity index (χ0v) is 8.88. The maximum Gasteiger partial charge on any atom is 0.0926 e. The molecule has 0 amide bonds. The second kappa shape index (κ2) is 4.62. The van der Waals surface area contributed by atoms with Crippen molar-refractivity contribution in [3.8, 4) is 6.07 Å². The van der Waals surface area contributed by atoms with Crippen LogP contribution < -0.4 is 5.32 Å². The summed E-state index contributed by atoms with van der Waals surface area (Å²) in [7, 11) is 0. The van der Waals surface area contributed by atoms with Gasteiger partial charge < -0.3 is 0 Å². The van der Waals surface area contributed by atoms with E-state index in [1.807, 2.05) is 6.92 Å². The van der Waals surface area contributed by atoms with E-state index >= 15 is 0 Å². The van der Waals surface area contributed by atoms with Gasteiger partial charge in [-0.25, -0.2) is 0 Å². The molecular weight excluding hydrogens is 160 g/mol. The van der Waals surface area contributed by atoms with Gasteiger partial charge in [-0.2, -0.15) is 5.26 Å². The molecule has 0 bridgehead atoms. The van der Waals surface area contributed by atoms with Gasteiger partial charge in [0.25, 0.3) is 0 Å². The van der Waals surface area contributed by atoms with Crippen LogP contribution >= 0.6 is 0 Å². The van der Waals surface area contributed by atoms with Crippen molar-refractivity contribution in [1.82, 2.24) is 5.32 Å². The summed E-state index contributed by atoms with van der Waals surface area (Å²) in [6.07, 6.45) is 3.77. The number of hydrogen-bond donors (Lipinski definition) is 1. The van der Waals surface area contributed by atoms with E-state index in [-0.39, 0.29) is 6.04 Å². The molecule has 0 radical (unpaired) electrons. The third kappa shape index (κ3) is 3.00. The molecule has 1 rings (SSSR count). The van der Waals surface area contributed by atoms with E-state index in [4.69, 9.17) is 5.26 Å². The van der Waals surface area contributed by atoms with E-state index in [0.29, 0.717) is 6.04 Å². The predicted octanol–water partition coefficient (Wildman–Crippen LogP) is 2.31. The van der Waals surface area contributed by atoms with Crippen LogP contribution in [0.5, 0.6) is 0 Å². The van der Waals surface area contributed by atoms with Crippen molar-refractivity contribution in [2.24, 2.45) is 11.8 Å². The number of nitrogens with one attached hydrogen (secondary N) is 1. The van der Waals surface area contributed by atoms with Crippen molar-refractivity contribution < 1.29 is 0 Å². The first-order valence-electron chi connectivity index (χ1n) is 5.29. The monoisotopic (exact) mass is 180 g/mol. The Hall–Kier alpha value is -0.550. The van der Waals surface area contributed by atoms with Crippen LogP contribution in [0.1, 0.15) is 40.0 Å². The van der Waals surface area contributed by atoms with Crippen molar-refractivity contribution in [1.29, 1.82) is 5.26 Å². The molecule has 0 aromatic rings. The molecule has 4 atom stereocenters. The molecule has 13 heavy (non-hydrogen) atoms. The van der Waals surface area contributed by atoms with Crippen LogP contribution in [-0.2, 0) is 0 Å². The maximum absolute atomic E-state index is 8.67. The maximum atomic E-state index is 8.67. The van der Waals surface area contributed by atoms with Gasteiger partial charge in [0.1, 0.15) is 0 Å². The van der Waals surface area contributed by atoms with E-state index < -0.39 is 0 Å². The normalized spacial score (nSPS) is 36.6. The first-order valence-corrected chi connectivity index (χ1v) is 5.29. The van der Waals surface area contributed by atoms with Gasteiger partial charge in [-0.1, -0.05) is 13.8 Å². The van der Waals surface area contributed by atoms with E-state index in [0.717, 1.165) is 11.8 Å². The fraction of sp³-hybridized carbons (Fsp3) is 0.909. The second-order valence-corrected chi connectivity index (χ2v) is 4.48. The van der Waals surface area contributed by atoms with E-state index in [1.54, 1.807) is 0 Å². The van der Waals surface area contributed by atoms with Crippen molar-refractivity contribution in [3.63, 3.8) is 0 Å². The molecule has 2 heteroatoms. The SMILES string of the molecule is CC(C#N)NC1CCC(C)C(C)C1. The molecule has 2 nitrogen and oxygen atoms in total. The smallest absolute Gasteiger partial charge is 0.0926 e. The Labute approximate surface area is 81.3 Å². The lowest BCUT2D eigenvalue weighted by atomic mass is 9.79. The van der Waals surface area contributed by atoms with E-state index in [1.165, 1.54) is 19.3 Å². The number of nitrogens with zero attached hydrogens (tertiary/aromatic N) is 1. The molecule has 1 fully saturated rings. The molecule has 0 heterocycles. The molecule has 1 saturated carbocycles. The van der Waals surface area contributed by atoms with Gasteiger partial charge >= 0.3 is 0 Å². The van der Waals surface area contributed by atoms with Gasteiger partial charge in [-0.05, 0) is 38.0 Å². The minimum Gasteiger partial charge on any atom is -0.299 e. The third-order valence-corrected chi connectivity index (χ3v) is 3.28. The summed E-state index contributed by atoms with van der Waals surface area (Å²) >= 11 is 0. The standard InChI is InChI=1S/C11H20N2/c1-8-4-5-11(6-9(8)2)13-10(3)7-12/h8-11,13H,4-6H2,1-3H3.